The van der Waals surface area contributed by atoms with Crippen LogP contribution < -0.4 is 11.1 Å². The van der Waals surface area contributed by atoms with Crippen molar-refractivity contribution in [3.8, 4) is 0 Å². The Balaban J connectivity index is 1.49. The number of rotatable bonds is 7. The largest absolute Gasteiger partial charge is 0.457 e. The molecular weight excluding hydrogens is 426 g/mol. The quantitative estimate of drug-likeness (QED) is 0.382. The van der Waals surface area contributed by atoms with Crippen LogP contribution in [-0.2, 0) is 16.1 Å². The number of carbonyl (C=O) groups is 2. The van der Waals surface area contributed by atoms with Crippen molar-refractivity contribution in [1.29, 1.82) is 0 Å². The van der Waals surface area contributed by atoms with Gasteiger partial charge in [-0.15, -0.1) is 0 Å². The zero-order chi connectivity index (χ0) is 30.9. The molecule has 0 radical (unpaired) electrons. The number of benzene rings is 3. The van der Waals surface area contributed by atoms with Gasteiger partial charge in [-0.2, -0.15) is 0 Å². The predicted octanol–water partition coefficient (Wildman–Crippen LogP) is 4.89. The fourth-order valence-corrected chi connectivity index (χ4v) is 3.45. The van der Waals surface area contributed by atoms with Gasteiger partial charge in [0, 0.05) is 40.9 Å². The van der Waals surface area contributed by atoms with Crippen LogP contribution >= 0.6 is 0 Å². The number of ether oxygens (including phenoxy) is 1. The maximum absolute atomic E-state index is 13.2. The van der Waals surface area contributed by atoms with Crippen LogP contribution in [0.25, 0.3) is 10.8 Å². The van der Waals surface area contributed by atoms with Crippen LogP contribution in [0.4, 0.5) is 5.69 Å². The highest BCUT2D eigenvalue weighted by Crippen LogP contribution is 2.22. The van der Waals surface area contributed by atoms with Crippen LogP contribution in [0, 0.1) is 13.7 Å². The van der Waals surface area contributed by atoms with E-state index in [9.17, 15) is 9.59 Å². The second-order valence-corrected chi connectivity index (χ2v) is 7.60. The summed E-state index contributed by atoms with van der Waals surface area (Å²) in [4.78, 5) is 30.0. The zero-order valence-electron chi connectivity index (χ0n) is 26.0. The number of aryl methyl sites for hydroxylation is 2. The Kier molecular flexibility index (Phi) is 4.53. The van der Waals surface area contributed by atoms with Crippen LogP contribution in [0.1, 0.15) is 49.5 Å². The minimum absolute atomic E-state index is 0.211. The molecule has 1 heterocycles. The lowest BCUT2D eigenvalue weighted by molar-refractivity contribution is -0.117. The number of aromatic nitrogens is 1. The molecule has 1 amide bonds. The van der Waals surface area contributed by atoms with E-state index >= 15 is 0 Å². The Hall–Kier alpha value is -4.03. The van der Waals surface area contributed by atoms with E-state index in [1.807, 2.05) is 0 Å². The third kappa shape index (κ3) is 5.30. The lowest BCUT2D eigenvalue weighted by Gasteiger charge is -2.16. The Morgan fingerprint density at radius 3 is 2.68 bits per heavy atom. The van der Waals surface area contributed by atoms with Gasteiger partial charge in [-0.05, 0) is 60.0 Å². The fourth-order valence-electron chi connectivity index (χ4n) is 3.45. The minimum atomic E-state index is -2.75. The average molecular weight is 462 g/mol. The monoisotopic (exact) mass is 461 g/mol. The lowest BCUT2D eigenvalue weighted by atomic mass is 9.97. The Morgan fingerprint density at radius 2 is 1.91 bits per heavy atom. The minimum Gasteiger partial charge on any atom is -0.457 e. The van der Waals surface area contributed by atoms with Gasteiger partial charge in [0.05, 0.1) is 11.5 Å². The first-order valence-electron chi connectivity index (χ1n) is 14.4. The summed E-state index contributed by atoms with van der Waals surface area (Å²) in [6, 6.07) is 16.3. The Labute approximate surface area is 210 Å². The van der Waals surface area contributed by atoms with Crippen LogP contribution in [0.5, 0.6) is 0 Å². The molecule has 0 aliphatic rings. The molecule has 34 heavy (non-hydrogen) atoms. The van der Waals surface area contributed by atoms with E-state index in [0.717, 1.165) is 29.0 Å². The van der Waals surface area contributed by atoms with Crippen molar-refractivity contribution in [2.24, 2.45) is 5.73 Å². The zero-order valence-corrected chi connectivity index (χ0v) is 18.0. The van der Waals surface area contributed by atoms with Gasteiger partial charge in [0.1, 0.15) is 6.61 Å². The van der Waals surface area contributed by atoms with Crippen molar-refractivity contribution in [3.05, 3.63) is 107 Å². The number of hydrogen-bond acceptors (Lipinski definition) is 5. The number of pyridine rings is 1. The van der Waals surface area contributed by atoms with Crippen molar-refractivity contribution >= 4 is 28.3 Å². The molecule has 0 saturated heterocycles. The maximum Gasteiger partial charge on any atom is 0.338 e. The van der Waals surface area contributed by atoms with Gasteiger partial charge >= 0.3 is 5.97 Å². The summed E-state index contributed by atoms with van der Waals surface area (Å²) in [5.41, 5.74) is 6.05. The highest BCUT2D eigenvalue weighted by molar-refractivity contribution is 5.98. The number of fused-ring (bicyclic) bond motifs is 1. The number of amides is 1. The molecule has 3 N–H and O–H groups in total. The molecule has 4 aromatic rings. The third-order valence-electron chi connectivity index (χ3n) is 5.26. The number of nitrogens with two attached hydrogens (primary N) is 1. The fraction of sp³-hybridized carbons (Fsp3) is 0.179. The first kappa shape index (κ1) is 15.0. The van der Waals surface area contributed by atoms with E-state index < -0.39 is 43.6 Å². The van der Waals surface area contributed by atoms with E-state index in [2.05, 4.69) is 10.3 Å². The summed E-state index contributed by atoms with van der Waals surface area (Å²) in [6.07, 6.45) is 3.31. The maximum atomic E-state index is 13.2. The average Bonchev–Trinajstić information content (AvgIpc) is 2.90. The van der Waals surface area contributed by atoms with Crippen molar-refractivity contribution in [2.45, 2.75) is 26.2 Å². The topological polar surface area (TPSA) is 94.3 Å². The Bertz CT molecular complexity index is 1610. The SMILES string of the molecule is [2H]C([2H])([2H])c1ccc(C(=O)OCc2ccc(C(C(=O)Nc3ccc4cnccc4c3)C([2H])([2H])N)cc2)c(C([2H])([2H])[2H])c1. The molecule has 0 aliphatic carbocycles. The summed E-state index contributed by atoms with van der Waals surface area (Å²) in [6.45, 7) is -7.98. The second-order valence-electron chi connectivity index (χ2n) is 7.60. The van der Waals surface area contributed by atoms with Crippen LogP contribution in [0.15, 0.2) is 79.1 Å². The van der Waals surface area contributed by atoms with E-state index in [-0.39, 0.29) is 23.3 Å². The van der Waals surface area contributed by atoms with Gasteiger partial charge in [-0.25, -0.2) is 4.79 Å². The molecule has 6 nitrogen and oxygen atoms in total. The molecular formula is C28H27N3O3. The number of nitrogens with zero attached hydrogens (tertiary/aromatic N) is 1. The van der Waals surface area contributed by atoms with Crippen LogP contribution in [0.3, 0.4) is 0 Å². The van der Waals surface area contributed by atoms with Crippen molar-refractivity contribution < 1.29 is 25.3 Å². The van der Waals surface area contributed by atoms with Crippen molar-refractivity contribution in [1.82, 2.24) is 4.98 Å². The van der Waals surface area contributed by atoms with Gasteiger partial charge in [-0.1, -0.05) is 48.0 Å². The third-order valence-corrected chi connectivity index (χ3v) is 5.26. The lowest BCUT2D eigenvalue weighted by Crippen LogP contribution is -2.27. The molecule has 4 rings (SSSR count). The van der Waals surface area contributed by atoms with Gasteiger partial charge in [0.25, 0.3) is 0 Å². The first-order valence-corrected chi connectivity index (χ1v) is 10.4. The number of nitrogens with one attached hydrogen (secondary N) is 1. The van der Waals surface area contributed by atoms with Gasteiger partial charge < -0.3 is 15.8 Å². The number of anilines is 1. The van der Waals surface area contributed by atoms with Gasteiger partial charge in [0.15, 0.2) is 0 Å². The molecule has 1 aromatic heterocycles. The molecule has 0 fully saturated rings. The molecule has 6 heteroatoms. The summed E-state index contributed by atoms with van der Waals surface area (Å²) >= 11 is 0. The van der Waals surface area contributed by atoms with E-state index in [0.29, 0.717) is 11.3 Å². The summed E-state index contributed by atoms with van der Waals surface area (Å²) in [7, 11) is 0. The molecule has 172 valence electrons. The van der Waals surface area contributed by atoms with Gasteiger partial charge in [-0.3, -0.25) is 9.78 Å². The molecule has 0 saturated carbocycles. The predicted molar refractivity (Wildman–Crippen MR) is 134 cm³/mol. The van der Waals surface area contributed by atoms with Crippen molar-refractivity contribution in [2.75, 3.05) is 11.8 Å². The molecule has 1 unspecified atom stereocenters. The van der Waals surface area contributed by atoms with E-state index in [1.54, 1.807) is 36.7 Å². The summed E-state index contributed by atoms with van der Waals surface area (Å²) in [5, 5.41) is 4.43. The standard InChI is InChI=1S/C28H27N3O3/c1-18-3-10-25(19(2)13-18)28(33)34-17-20-4-6-21(7-5-20)26(15-29)27(32)31-24-9-8-23-16-30-12-11-22(23)14-24/h3-14,16,26H,15,17,29H2,1-2H3,(H,31,32)/i1D3,2D3,15D2. The second kappa shape index (κ2) is 10.3. The molecule has 0 aliphatic heterocycles. The van der Waals surface area contributed by atoms with Crippen LogP contribution in [0.2, 0.25) is 0 Å². The summed E-state index contributed by atoms with van der Waals surface area (Å²) in [5.74, 6) is -2.99. The molecule has 0 spiro atoms. The molecule has 0 bridgehead atoms. The number of esters is 1. The normalized spacial score (nSPS) is 16.4. The van der Waals surface area contributed by atoms with E-state index in [1.165, 1.54) is 24.3 Å². The summed E-state index contributed by atoms with van der Waals surface area (Å²) < 4.78 is 67.2. The number of carbonyl (C=O) groups excluding carboxylic acids is 2. The number of hydrogen-bond donors (Lipinski definition) is 2. The van der Waals surface area contributed by atoms with E-state index in [4.69, 9.17) is 21.4 Å². The molecule has 3 aromatic carbocycles. The first-order chi connectivity index (χ1) is 19.5. The van der Waals surface area contributed by atoms with Crippen LogP contribution in [-0.4, -0.2) is 23.4 Å². The molecule has 1 atom stereocenters. The van der Waals surface area contributed by atoms with Crippen molar-refractivity contribution in [3.63, 3.8) is 0 Å². The smallest absolute Gasteiger partial charge is 0.338 e. The Morgan fingerprint density at radius 1 is 1.06 bits per heavy atom. The highest BCUT2D eigenvalue weighted by atomic mass is 16.5. The highest BCUT2D eigenvalue weighted by Gasteiger charge is 2.19. The van der Waals surface area contributed by atoms with Gasteiger partial charge in [0.2, 0.25) is 5.91 Å².